The van der Waals surface area contributed by atoms with E-state index < -0.39 is 5.91 Å². The smallest absolute Gasteiger partial charge is 0.250 e. The molecule has 3 N–H and O–H groups in total. The molecule has 0 saturated carbocycles. The lowest BCUT2D eigenvalue weighted by Crippen LogP contribution is -2.09. The molecule has 0 aromatic carbocycles. The Hall–Kier alpha value is -2.37. The van der Waals surface area contributed by atoms with E-state index in [1.165, 1.54) is 6.33 Å². The lowest BCUT2D eigenvalue weighted by atomic mass is 10.2. The molecule has 2 aromatic heterocycles. The van der Waals surface area contributed by atoms with E-state index in [-0.39, 0.29) is 0 Å². The number of aryl methyl sites for hydroxylation is 1. The molecule has 2 aromatic rings. The van der Waals surface area contributed by atoms with E-state index in [0.29, 0.717) is 5.56 Å². The Morgan fingerprint density at radius 1 is 1.41 bits per heavy atom. The van der Waals surface area contributed by atoms with Gasteiger partial charge in [0.15, 0.2) is 0 Å². The molecule has 17 heavy (non-hydrogen) atoms. The van der Waals surface area contributed by atoms with Gasteiger partial charge in [0.1, 0.15) is 12.1 Å². The second-order valence-corrected chi connectivity index (χ2v) is 3.63. The Morgan fingerprint density at radius 2 is 2.18 bits per heavy atom. The maximum Gasteiger partial charge on any atom is 0.250 e. The van der Waals surface area contributed by atoms with Crippen LogP contribution >= 0.6 is 0 Å². The first-order valence-electron chi connectivity index (χ1n) is 5.08. The van der Waals surface area contributed by atoms with Gasteiger partial charge in [-0.3, -0.25) is 4.79 Å². The summed E-state index contributed by atoms with van der Waals surface area (Å²) in [5.74, 6) is 0.270. The van der Waals surface area contributed by atoms with Gasteiger partial charge in [-0.2, -0.15) is 0 Å². The van der Waals surface area contributed by atoms with Crippen LogP contribution in [0.5, 0.6) is 0 Å². The van der Waals surface area contributed by atoms with Crippen molar-refractivity contribution in [2.24, 2.45) is 12.8 Å². The monoisotopic (exact) mass is 231 g/mol. The van der Waals surface area contributed by atoms with Crippen molar-refractivity contribution in [3.8, 4) is 11.4 Å². The van der Waals surface area contributed by atoms with Gasteiger partial charge >= 0.3 is 0 Å². The van der Waals surface area contributed by atoms with Gasteiger partial charge in [0.05, 0.1) is 17.0 Å². The fourth-order valence-electron chi connectivity index (χ4n) is 1.59. The number of rotatable bonds is 3. The number of hydrogen-bond acceptors (Lipinski definition) is 4. The van der Waals surface area contributed by atoms with Gasteiger partial charge in [0.25, 0.3) is 0 Å². The van der Waals surface area contributed by atoms with Gasteiger partial charge in [-0.05, 0) is 6.07 Å². The summed E-state index contributed by atoms with van der Waals surface area (Å²) in [7, 11) is 3.62. The normalized spacial score (nSPS) is 10.2. The fraction of sp³-hybridized carbons (Fsp3) is 0.182. The van der Waals surface area contributed by atoms with Crippen molar-refractivity contribution in [2.75, 3.05) is 12.4 Å². The Bertz CT molecular complexity index is 561. The number of hydrogen-bond donors (Lipinski definition) is 2. The first-order valence-corrected chi connectivity index (χ1v) is 5.08. The molecule has 0 spiro atoms. The predicted molar refractivity (Wildman–Crippen MR) is 64.5 cm³/mol. The predicted octanol–water partition coefficient (Wildman–Crippen LogP) is 0.623. The fourth-order valence-corrected chi connectivity index (χ4v) is 1.59. The molecule has 2 heterocycles. The summed E-state index contributed by atoms with van der Waals surface area (Å²) in [4.78, 5) is 19.3. The number of nitrogens with one attached hydrogen (secondary N) is 1. The third-order valence-electron chi connectivity index (χ3n) is 2.48. The van der Waals surface area contributed by atoms with Crippen molar-refractivity contribution < 1.29 is 4.79 Å². The molecule has 0 saturated heterocycles. The summed E-state index contributed by atoms with van der Waals surface area (Å²) in [5, 5.41) is 2.93. The zero-order valence-electron chi connectivity index (χ0n) is 9.64. The average Bonchev–Trinajstić information content (AvgIpc) is 2.72. The topological polar surface area (TPSA) is 85.8 Å². The first-order chi connectivity index (χ1) is 8.11. The number of anilines is 1. The Kier molecular flexibility index (Phi) is 2.78. The van der Waals surface area contributed by atoms with Gasteiger partial charge in [0.2, 0.25) is 5.91 Å². The molecule has 1 amide bonds. The maximum absolute atomic E-state index is 11.1. The molecule has 0 aliphatic heterocycles. The third kappa shape index (κ3) is 2.10. The number of amides is 1. The van der Waals surface area contributed by atoms with Gasteiger partial charge < -0.3 is 15.6 Å². The van der Waals surface area contributed by atoms with Crippen molar-refractivity contribution >= 4 is 11.7 Å². The van der Waals surface area contributed by atoms with Gasteiger partial charge in [-0.15, -0.1) is 0 Å². The van der Waals surface area contributed by atoms with Crippen molar-refractivity contribution in [1.82, 2.24) is 14.5 Å². The van der Waals surface area contributed by atoms with Crippen LogP contribution in [-0.4, -0.2) is 27.5 Å². The summed E-state index contributed by atoms with van der Waals surface area (Å²) in [6.45, 7) is 0. The van der Waals surface area contributed by atoms with Crippen molar-refractivity contribution in [2.45, 2.75) is 0 Å². The maximum atomic E-state index is 11.1. The van der Waals surface area contributed by atoms with E-state index >= 15 is 0 Å². The minimum Gasteiger partial charge on any atom is -0.373 e. The Balaban J connectivity index is 2.48. The lowest BCUT2D eigenvalue weighted by molar-refractivity contribution is 0.100. The first kappa shape index (κ1) is 11.1. The number of nitrogens with zero attached hydrogens (tertiary/aromatic N) is 3. The van der Waals surface area contributed by atoms with Crippen LogP contribution in [0.3, 0.4) is 0 Å². The van der Waals surface area contributed by atoms with Crippen LogP contribution in [0.25, 0.3) is 11.4 Å². The number of nitrogens with two attached hydrogens (primary N) is 1. The van der Waals surface area contributed by atoms with Crippen LogP contribution in [0.2, 0.25) is 0 Å². The number of aromatic nitrogens is 3. The van der Waals surface area contributed by atoms with E-state index in [2.05, 4.69) is 15.3 Å². The van der Waals surface area contributed by atoms with Crippen molar-refractivity contribution in [3.63, 3.8) is 0 Å². The summed E-state index contributed by atoms with van der Waals surface area (Å²) in [5.41, 5.74) is 7.25. The van der Waals surface area contributed by atoms with E-state index in [9.17, 15) is 4.79 Å². The van der Waals surface area contributed by atoms with Crippen molar-refractivity contribution in [1.29, 1.82) is 0 Å². The second-order valence-electron chi connectivity index (χ2n) is 3.63. The van der Waals surface area contributed by atoms with E-state index in [1.54, 1.807) is 25.4 Å². The minimum atomic E-state index is -0.449. The SMILES string of the molecule is CNc1cc(-c2cc(C(N)=O)cn2C)ncn1. The molecule has 0 aliphatic rings. The highest BCUT2D eigenvalue weighted by atomic mass is 16.1. The number of carbonyl (C=O) groups excluding carboxylic acids is 1. The van der Waals surface area contributed by atoms with Gasteiger partial charge in [-0.25, -0.2) is 9.97 Å². The van der Waals surface area contributed by atoms with Crippen LogP contribution in [-0.2, 0) is 7.05 Å². The molecule has 0 radical (unpaired) electrons. The molecule has 88 valence electrons. The average molecular weight is 231 g/mol. The standard InChI is InChI=1S/C11H13N5O/c1-13-10-4-8(14-6-15-10)9-3-7(11(12)17)5-16(9)2/h3-6H,1-2H3,(H2,12,17)(H,13,14,15). The van der Waals surface area contributed by atoms with Crippen LogP contribution in [0.15, 0.2) is 24.7 Å². The molecular weight excluding hydrogens is 218 g/mol. The van der Waals surface area contributed by atoms with Crippen molar-refractivity contribution in [3.05, 3.63) is 30.2 Å². The third-order valence-corrected chi connectivity index (χ3v) is 2.48. The Labute approximate surface area is 98.5 Å². The van der Waals surface area contributed by atoms with Crippen LogP contribution < -0.4 is 11.1 Å². The van der Waals surface area contributed by atoms with Crippen LogP contribution in [0.1, 0.15) is 10.4 Å². The second kappa shape index (κ2) is 4.25. The highest BCUT2D eigenvalue weighted by molar-refractivity contribution is 5.94. The molecule has 0 fully saturated rings. The highest BCUT2D eigenvalue weighted by Gasteiger charge is 2.10. The zero-order chi connectivity index (χ0) is 12.4. The summed E-state index contributed by atoms with van der Waals surface area (Å²) in [6, 6.07) is 3.52. The van der Waals surface area contributed by atoms with Crippen LogP contribution in [0, 0.1) is 0 Å². The molecule has 0 unspecified atom stereocenters. The molecule has 6 heteroatoms. The molecule has 0 atom stereocenters. The molecule has 2 rings (SSSR count). The molecule has 6 nitrogen and oxygen atoms in total. The Morgan fingerprint density at radius 3 is 2.76 bits per heavy atom. The van der Waals surface area contributed by atoms with Gasteiger partial charge in [0, 0.05) is 26.4 Å². The van der Waals surface area contributed by atoms with E-state index in [0.717, 1.165) is 17.2 Å². The van der Waals surface area contributed by atoms with E-state index in [4.69, 9.17) is 5.73 Å². The van der Waals surface area contributed by atoms with E-state index in [1.807, 2.05) is 11.6 Å². The minimum absolute atomic E-state index is 0.449. The number of carbonyl (C=O) groups is 1. The van der Waals surface area contributed by atoms with Crippen LogP contribution in [0.4, 0.5) is 5.82 Å². The summed E-state index contributed by atoms with van der Waals surface area (Å²) in [6.07, 6.45) is 3.15. The highest BCUT2D eigenvalue weighted by Crippen LogP contribution is 2.20. The quantitative estimate of drug-likeness (QED) is 0.811. The molecular formula is C11H13N5O. The molecule has 0 bridgehead atoms. The van der Waals surface area contributed by atoms with Gasteiger partial charge in [-0.1, -0.05) is 0 Å². The summed E-state index contributed by atoms with van der Waals surface area (Å²) >= 11 is 0. The lowest BCUT2D eigenvalue weighted by Gasteiger charge is -2.03. The number of primary amides is 1. The zero-order valence-corrected chi connectivity index (χ0v) is 9.64. The summed E-state index contributed by atoms with van der Waals surface area (Å²) < 4.78 is 1.81. The largest absolute Gasteiger partial charge is 0.373 e. The molecule has 0 aliphatic carbocycles.